The number of nitrogens with zero attached hydrogens (tertiary/aromatic N) is 5. The van der Waals surface area contributed by atoms with Crippen molar-refractivity contribution in [3.8, 4) is 11.1 Å². The molecule has 11 nitrogen and oxygen atoms in total. The average Bonchev–Trinajstić information content (AvgIpc) is 3.33. The summed E-state index contributed by atoms with van der Waals surface area (Å²) in [5.41, 5.74) is 9.90. The lowest BCUT2D eigenvalue weighted by Gasteiger charge is -2.19. The molecule has 0 saturated carbocycles. The number of aromatic nitrogens is 6. The Labute approximate surface area is 222 Å². The SMILES string of the molecule is Cc1cccc2nc(C(C)Nc3nc(N)nc4[nH]cnc34)c(-c3ccc(Cl)cc3)c(=O)n12.O=C(O)C(F)(F)F. The number of hydrogen-bond donors (Lipinski definition) is 4. The van der Waals surface area contributed by atoms with Crippen molar-refractivity contribution in [2.75, 3.05) is 11.1 Å². The molecule has 0 amide bonds. The first-order valence-corrected chi connectivity index (χ1v) is 11.6. The molecule has 4 heterocycles. The zero-order valence-electron chi connectivity index (χ0n) is 20.3. The van der Waals surface area contributed by atoms with Crippen molar-refractivity contribution in [1.82, 2.24) is 29.3 Å². The molecule has 0 bridgehead atoms. The fourth-order valence-electron chi connectivity index (χ4n) is 3.78. The molecule has 39 heavy (non-hydrogen) atoms. The number of imidazole rings is 1. The number of hydrogen-bond acceptors (Lipinski definition) is 8. The van der Waals surface area contributed by atoms with E-state index < -0.39 is 18.2 Å². The summed E-state index contributed by atoms with van der Waals surface area (Å²) in [5.74, 6) is -2.20. The average molecular weight is 561 g/mol. The van der Waals surface area contributed by atoms with Gasteiger partial charge in [0, 0.05) is 10.7 Å². The predicted molar refractivity (Wildman–Crippen MR) is 138 cm³/mol. The van der Waals surface area contributed by atoms with Crippen molar-refractivity contribution < 1.29 is 23.1 Å². The number of anilines is 2. The van der Waals surface area contributed by atoms with Crippen molar-refractivity contribution >= 4 is 46.1 Å². The molecular weight excluding hydrogens is 541 g/mol. The van der Waals surface area contributed by atoms with Crippen LogP contribution in [0, 0.1) is 6.92 Å². The third-order valence-electron chi connectivity index (χ3n) is 5.51. The highest BCUT2D eigenvalue weighted by Crippen LogP contribution is 2.29. The lowest BCUT2D eigenvalue weighted by Crippen LogP contribution is -2.24. The summed E-state index contributed by atoms with van der Waals surface area (Å²) < 4.78 is 33.3. The molecule has 0 radical (unpaired) electrons. The van der Waals surface area contributed by atoms with Crippen LogP contribution in [0.25, 0.3) is 27.9 Å². The minimum atomic E-state index is -5.08. The van der Waals surface area contributed by atoms with E-state index in [1.807, 2.05) is 44.2 Å². The van der Waals surface area contributed by atoms with Gasteiger partial charge < -0.3 is 21.1 Å². The van der Waals surface area contributed by atoms with E-state index in [1.165, 1.54) is 6.33 Å². The van der Waals surface area contributed by atoms with Crippen LogP contribution in [-0.4, -0.2) is 46.6 Å². The second-order valence-electron chi connectivity index (χ2n) is 8.24. The van der Waals surface area contributed by atoms with Gasteiger partial charge in [0.1, 0.15) is 11.2 Å². The summed E-state index contributed by atoms with van der Waals surface area (Å²) in [5, 5.41) is 11.0. The highest BCUT2D eigenvalue weighted by molar-refractivity contribution is 6.30. The molecular formula is C24H20ClF3N8O3. The van der Waals surface area contributed by atoms with E-state index in [4.69, 9.17) is 32.2 Å². The number of nitrogen functional groups attached to an aromatic ring is 1. The summed E-state index contributed by atoms with van der Waals surface area (Å²) in [6.07, 6.45) is -3.56. The first-order valence-electron chi connectivity index (χ1n) is 11.2. The number of rotatable bonds is 4. The highest BCUT2D eigenvalue weighted by atomic mass is 35.5. The quantitative estimate of drug-likeness (QED) is 0.250. The van der Waals surface area contributed by atoms with Gasteiger partial charge in [-0.3, -0.25) is 9.20 Å². The van der Waals surface area contributed by atoms with Crippen LogP contribution >= 0.6 is 11.6 Å². The van der Waals surface area contributed by atoms with Crippen LogP contribution in [0.3, 0.4) is 0 Å². The van der Waals surface area contributed by atoms with Gasteiger partial charge in [0.25, 0.3) is 5.56 Å². The van der Waals surface area contributed by atoms with Gasteiger partial charge in [0.15, 0.2) is 11.5 Å². The van der Waals surface area contributed by atoms with E-state index in [2.05, 4.69) is 25.3 Å². The molecule has 5 N–H and O–H groups in total. The molecule has 5 aromatic rings. The monoisotopic (exact) mass is 560 g/mol. The number of nitrogens with one attached hydrogen (secondary N) is 2. The summed E-state index contributed by atoms with van der Waals surface area (Å²) in [6, 6.07) is 12.3. The molecule has 0 aliphatic rings. The Balaban J connectivity index is 0.000000448. The van der Waals surface area contributed by atoms with Gasteiger partial charge >= 0.3 is 12.1 Å². The van der Waals surface area contributed by atoms with Crippen molar-refractivity contribution in [1.29, 1.82) is 0 Å². The number of aromatic amines is 1. The summed E-state index contributed by atoms with van der Waals surface area (Å²) in [7, 11) is 0. The van der Waals surface area contributed by atoms with E-state index in [0.717, 1.165) is 11.3 Å². The standard InChI is InChI=1S/C22H19ClN8O.C2HF3O2/c1-11-4-3-5-15-28-17(16(21(32)31(11)15)13-6-8-14(23)9-7-13)12(2)27-20-18-19(26-10-25-18)29-22(24)30-20;3-2(4,5)1(6)7/h3-10,12H,1-2H3,(H4,24,25,26,27,29,30);(H,6,7). The number of fused-ring (bicyclic) bond motifs is 2. The molecule has 202 valence electrons. The maximum Gasteiger partial charge on any atom is 0.490 e. The lowest BCUT2D eigenvalue weighted by atomic mass is 10.0. The maximum absolute atomic E-state index is 13.6. The number of aryl methyl sites for hydroxylation is 1. The number of carbonyl (C=O) groups is 1. The van der Waals surface area contributed by atoms with Crippen LogP contribution in [0.1, 0.15) is 24.4 Å². The fraction of sp³-hybridized carbons (Fsp3) is 0.167. The molecule has 1 atom stereocenters. The third-order valence-corrected chi connectivity index (χ3v) is 5.76. The molecule has 4 aromatic heterocycles. The van der Waals surface area contributed by atoms with Gasteiger partial charge in [0.2, 0.25) is 5.95 Å². The molecule has 5 rings (SSSR count). The topological polar surface area (TPSA) is 164 Å². The normalized spacial score (nSPS) is 12.2. The van der Waals surface area contributed by atoms with Gasteiger partial charge in [-0.2, -0.15) is 23.1 Å². The van der Waals surface area contributed by atoms with Crippen molar-refractivity contribution in [2.24, 2.45) is 0 Å². The van der Waals surface area contributed by atoms with Crippen molar-refractivity contribution in [3.63, 3.8) is 0 Å². The molecule has 0 spiro atoms. The highest BCUT2D eigenvalue weighted by Gasteiger charge is 2.38. The van der Waals surface area contributed by atoms with Crippen molar-refractivity contribution in [2.45, 2.75) is 26.1 Å². The minimum Gasteiger partial charge on any atom is -0.475 e. The van der Waals surface area contributed by atoms with Crippen LogP contribution in [0.15, 0.2) is 53.6 Å². The first-order chi connectivity index (χ1) is 18.4. The van der Waals surface area contributed by atoms with Gasteiger partial charge in [0.05, 0.1) is 23.6 Å². The Morgan fingerprint density at radius 1 is 1.15 bits per heavy atom. The van der Waals surface area contributed by atoms with Crippen LogP contribution in [0.5, 0.6) is 0 Å². The smallest absolute Gasteiger partial charge is 0.475 e. The Morgan fingerprint density at radius 2 is 1.82 bits per heavy atom. The lowest BCUT2D eigenvalue weighted by molar-refractivity contribution is -0.192. The number of H-pyrrole nitrogens is 1. The number of nitrogens with two attached hydrogens (primary N) is 1. The number of carboxylic acids is 1. The number of alkyl halides is 3. The predicted octanol–water partition coefficient (Wildman–Crippen LogP) is 4.38. The van der Waals surface area contributed by atoms with Crippen LogP contribution in [0.2, 0.25) is 5.02 Å². The zero-order chi connectivity index (χ0) is 28.5. The summed E-state index contributed by atoms with van der Waals surface area (Å²) in [6.45, 7) is 3.78. The summed E-state index contributed by atoms with van der Waals surface area (Å²) >= 11 is 6.08. The van der Waals surface area contributed by atoms with Gasteiger partial charge in [-0.15, -0.1) is 0 Å². The number of benzene rings is 1. The number of carboxylic acid groups (broad SMARTS) is 1. The first kappa shape index (κ1) is 27.3. The number of aliphatic carboxylic acids is 1. The van der Waals surface area contributed by atoms with Gasteiger partial charge in [-0.05, 0) is 43.7 Å². The van der Waals surface area contributed by atoms with E-state index in [1.54, 1.807) is 16.5 Å². The molecule has 0 saturated heterocycles. The zero-order valence-corrected chi connectivity index (χ0v) is 21.0. The Hall–Kier alpha value is -4.72. The molecule has 15 heteroatoms. The van der Waals surface area contributed by atoms with E-state index in [0.29, 0.717) is 38.9 Å². The third kappa shape index (κ3) is 5.75. The fourth-order valence-corrected chi connectivity index (χ4v) is 3.91. The Bertz CT molecular complexity index is 1740. The minimum absolute atomic E-state index is 0.108. The Kier molecular flexibility index (Phi) is 7.40. The second kappa shape index (κ2) is 10.6. The maximum atomic E-state index is 13.6. The van der Waals surface area contributed by atoms with Crippen LogP contribution in [0.4, 0.5) is 24.9 Å². The van der Waals surface area contributed by atoms with Crippen LogP contribution < -0.4 is 16.6 Å². The van der Waals surface area contributed by atoms with Crippen molar-refractivity contribution in [3.05, 3.63) is 75.6 Å². The van der Waals surface area contributed by atoms with E-state index in [9.17, 15) is 18.0 Å². The molecule has 1 unspecified atom stereocenters. The summed E-state index contributed by atoms with van der Waals surface area (Å²) in [4.78, 5) is 43.0. The van der Waals surface area contributed by atoms with Crippen LogP contribution in [-0.2, 0) is 4.79 Å². The number of halogens is 4. The molecule has 0 fully saturated rings. The molecule has 0 aliphatic heterocycles. The van der Waals surface area contributed by atoms with E-state index in [-0.39, 0.29) is 11.5 Å². The molecule has 0 aliphatic carbocycles. The molecule has 1 aromatic carbocycles. The largest absolute Gasteiger partial charge is 0.490 e. The Morgan fingerprint density at radius 3 is 2.46 bits per heavy atom. The van der Waals surface area contributed by atoms with Gasteiger partial charge in [-0.1, -0.05) is 29.8 Å². The van der Waals surface area contributed by atoms with Gasteiger partial charge in [-0.25, -0.2) is 14.8 Å². The number of pyridine rings is 1. The van der Waals surface area contributed by atoms with E-state index >= 15 is 0 Å². The second-order valence-corrected chi connectivity index (χ2v) is 8.68.